The third kappa shape index (κ3) is 4.29. The second-order valence-electron chi connectivity index (χ2n) is 8.38. The molecule has 0 radical (unpaired) electrons. The molecule has 1 unspecified atom stereocenters. The van der Waals surface area contributed by atoms with E-state index in [4.69, 9.17) is 16.0 Å². The summed E-state index contributed by atoms with van der Waals surface area (Å²) in [7, 11) is -2.57. The molecule has 3 N–H and O–H groups in total. The van der Waals surface area contributed by atoms with Crippen molar-refractivity contribution >= 4 is 44.3 Å². The molecule has 0 aliphatic carbocycles. The second kappa shape index (κ2) is 8.91. The number of carbonyl (C=O) groups is 2. The minimum absolute atomic E-state index is 0.0253. The summed E-state index contributed by atoms with van der Waals surface area (Å²) in [6, 6.07) is 5.40. The third-order valence-electron chi connectivity index (χ3n) is 6.22. The average Bonchev–Trinajstić information content (AvgIpc) is 3.46. The molecule has 0 saturated carbocycles. The summed E-state index contributed by atoms with van der Waals surface area (Å²) in [6.45, 7) is 0.166. The predicted octanol–water partition coefficient (Wildman–Crippen LogP) is 0.818. The van der Waals surface area contributed by atoms with Crippen LogP contribution in [0.4, 0.5) is 0 Å². The molecule has 2 aliphatic heterocycles. The molecule has 1 aromatic carbocycles. The number of halogens is 1. The molecule has 14 heteroatoms. The van der Waals surface area contributed by atoms with E-state index >= 15 is 0 Å². The molecule has 2 amide bonds. The van der Waals surface area contributed by atoms with Crippen molar-refractivity contribution < 1.29 is 27.6 Å². The van der Waals surface area contributed by atoms with Crippen molar-refractivity contribution in [2.75, 3.05) is 33.2 Å². The maximum Gasteiger partial charge on any atom is 0.310 e. The molecule has 1 saturated heterocycles. The number of H-pyrrole nitrogens is 1. The van der Waals surface area contributed by atoms with Crippen LogP contribution in [0.5, 0.6) is 0 Å². The van der Waals surface area contributed by atoms with Gasteiger partial charge in [-0.15, -0.1) is 0 Å². The van der Waals surface area contributed by atoms with Gasteiger partial charge in [0.2, 0.25) is 5.91 Å². The summed E-state index contributed by atoms with van der Waals surface area (Å²) in [5.74, 6) is -0.934. The van der Waals surface area contributed by atoms with E-state index in [1.54, 1.807) is 18.2 Å². The first-order valence-corrected chi connectivity index (χ1v) is 12.7. The first-order chi connectivity index (χ1) is 16.7. The first kappa shape index (κ1) is 23.8. The molecule has 0 spiro atoms. The molecule has 3 aromatic rings. The number of piperazine rings is 1. The number of amides is 2. The third-order valence-corrected chi connectivity index (χ3v) is 8.25. The molecular weight excluding hydrogens is 500 g/mol. The molecule has 2 aromatic heterocycles. The molecule has 1 atom stereocenters. The Morgan fingerprint density at radius 2 is 2.06 bits per heavy atom. The number of sulfonamides is 1. The number of rotatable bonds is 4. The lowest BCUT2D eigenvalue weighted by Gasteiger charge is -2.38. The van der Waals surface area contributed by atoms with Crippen LogP contribution in [0.2, 0.25) is 5.02 Å². The van der Waals surface area contributed by atoms with Gasteiger partial charge in [0.1, 0.15) is 16.8 Å². The number of nitrogens with zero attached hydrogens (tertiary/aromatic N) is 4. The van der Waals surface area contributed by atoms with Gasteiger partial charge in [-0.3, -0.25) is 9.59 Å². The van der Waals surface area contributed by atoms with Crippen LogP contribution >= 0.6 is 11.6 Å². The number of hydrogen-bond acceptors (Lipinski definition) is 8. The van der Waals surface area contributed by atoms with Crippen LogP contribution in [0.3, 0.4) is 0 Å². The Hall–Kier alpha value is -2.97. The number of hydrogen-bond donors (Lipinski definition) is 3. The molecule has 2 aliphatic rings. The maximum absolute atomic E-state index is 13.4. The van der Waals surface area contributed by atoms with Gasteiger partial charge >= 0.3 is 5.91 Å². The van der Waals surface area contributed by atoms with Crippen molar-refractivity contribution in [1.29, 1.82) is 0 Å². The number of hydroxylamine groups is 2. The number of carbonyl (C=O) groups excluding carboxylic acids is 2. The van der Waals surface area contributed by atoms with E-state index in [2.05, 4.69) is 15.3 Å². The van der Waals surface area contributed by atoms with Gasteiger partial charge in [-0.25, -0.2) is 13.4 Å². The Bertz CT molecular complexity index is 1420. The second-order valence-corrected chi connectivity index (χ2v) is 10.7. The van der Waals surface area contributed by atoms with Gasteiger partial charge in [-0.2, -0.15) is 9.37 Å². The Morgan fingerprint density at radius 1 is 1.26 bits per heavy atom. The highest BCUT2D eigenvalue weighted by Crippen LogP contribution is 2.27. The Balaban J connectivity index is 1.40. The van der Waals surface area contributed by atoms with Crippen molar-refractivity contribution in [2.45, 2.75) is 24.0 Å². The highest BCUT2D eigenvalue weighted by atomic mass is 35.5. The summed E-state index contributed by atoms with van der Waals surface area (Å²) in [4.78, 5) is 34.3. The molecule has 35 heavy (non-hydrogen) atoms. The van der Waals surface area contributed by atoms with Gasteiger partial charge in [-0.1, -0.05) is 11.6 Å². The summed E-state index contributed by atoms with van der Waals surface area (Å²) in [5, 5.41) is 14.3. The average molecular weight is 523 g/mol. The van der Waals surface area contributed by atoms with Crippen molar-refractivity contribution in [3.63, 3.8) is 0 Å². The predicted molar refractivity (Wildman–Crippen MR) is 123 cm³/mol. The van der Waals surface area contributed by atoms with E-state index in [1.807, 2.05) is 0 Å². The fourth-order valence-corrected chi connectivity index (χ4v) is 5.99. The van der Waals surface area contributed by atoms with Gasteiger partial charge in [0.15, 0.2) is 0 Å². The standard InChI is InChI=1S/C21H23ClN6O6S/c1-23-19(29)16-10-27(35(32,33)18-9-12-8-13(22)2-3-14(12)24-18)6-7-28(16)21(30)20-25-15-4-5-26(31)11-17(15)34-20/h2-3,8-9,16,24,31H,4-7,10-11H2,1H3,(H,23,29). The molecule has 12 nitrogen and oxygen atoms in total. The minimum Gasteiger partial charge on any atom is -0.436 e. The van der Waals surface area contributed by atoms with Crippen LogP contribution in [-0.4, -0.2) is 88.9 Å². The summed E-state index contributed by atoms with van der Waals surface area (Å²) in [5.41, 5.74) is 1.19. The molecule has 5 rings (SSSR count). The fraction of sp³-hybridized carbons (Fsp3) is 0.381. The normalized spacial score (nSPS) is 19.6. The van der Waals surface area contributed by atoms with E-state index in [9.17, 15) is 23.2 Å². The zero-order valence-electron chi connectivity index (χ0n) is 18.7. The highest BCUT2D eigenvalue weighted by Gasteiger charge is 2.42. The van der Waals surface area contributed by atoms with Gasteiger partial charge in [0, 0.05) is 55.6 Å². The number of aromatic amines is 1. The van der Waals surface area contributed by atoms with E-state index in [-0.39, 0.29) is 37.1 Å². The number of nitrogens with one attached hydrogen (secondary N) is 2. The lowest BCUT2D eigenvalue weighted by Crippen LogP contribution is -2.61. The van der Waals surface area contributed by atoms with Gasteiger partial charge in [-0.05, 0) is 24.3 Å². The lowest BCUT2D eigenvalue weighted by molar-refractivity contribution is -0.126. The minimum atomic E-state index is -3.99. The van der Waals surface area contributed by atoms with Gasteiger partial charge in [0.05, 0.1) is 12.2 Å². The Morgan fingerprint density at radius 3 is 2.83 bits per heavy atom. The lowest BCUT2D eigenvalue weighted by atomic mass is 10.1. The summed E-state index contributed by atoms with van der Waals surface area (Å²) < 4.78 is 33.5. The van der Waals surface area contributed by atoms with Crippen LogP contribution in [-0.2, 0) is 27.8 Å². The molecular formula is C21H23ClN6O6S. The topological polar surface area (TPSA) is 152 Å². The number of fused-ring (bicyclic) bond motifs is 2. The van der Waals surface area contributed by atoms with E-state index in [0.29, 0.717) is 40.3 Å². The van der Waals surface area contributed by atoms with Crippen molar-refractivity contribution in [2.24, 2.45) is 0 Å². The van der Waals surface area contributed by atoms with E-state index in [1.165, 1.54) is 22.3 Å². The number of benzene rings is 1. The molecule has 186 valence electrons. The zero-order valence-corrected chi connectivity index (χ0v) is 20.3. The number of likely N-dealkylation sites (N-methyl/N-ethyl adjacent to an activating group) is 1. The monoisotopic (exact) mass is 522 g/mol. The van der Waals surface area contributed by atoms with Crippen LogP contribution in [0.25, 0.3) is 10.9 Å². The Kier molecular flexibility index (Phi) is 6.05. The molecule has 4 heterocycles. The van der Waals surface area contributed by atoms with E-state index in [0.717, 1.165) is 5.06 Å². The van der Waals surface area contributed by atoms with Gasteiger partial charge < -0.3 is 24.8 Å². The van der Waals surface area contributed by atoms with Crippen molar-refractivity contribution in [3.05, 3.63) is 46.6 Å². The largest absolute Gasteiger partial charge is 0.436 e. The fourth-order valence-electron chi connectivity index (χ4n) is 4.36. The van der Waals surface area contributed by atoms with E-state index < -0.39 is 27.9 Å². The van der Waals surface area contributed by atoms with Crippen LogP contribution in [0, 0.1) is 0 Å². The summed E-state index contributed by atoms with van der Waals surface area (Å²) in [6.07, 6.45) is 0.420. The number of oxazole rings is 1. The molecule has 0 bridgehead atoms. The SMILES string of the molecule is CNC(=O)C1CN(S(=O)(=O)c2cc3cc(Cl)ccc3[nH]2)CCN1C(=O)c1nc2c(o1)CN(O)CC2. The smallest absolute Gasteiger partial charge is 0.310 e. The van der Waals surface area contributed by atoms with Crippen molar-refractivity contribution in [1.82, 2.24) is 29.6 Å². The summed E-state index contributed by atoms with van der Waals surface area (Å²) >= 11 is 6.01. The first-order valence-electron chi connectivity index (χ1n) is 10.9. The van der Waals surface area contributed by atoms with Crippen LogP contribution < -0.4 is 5.32 Å². The van der Waals surface area contributed by atoms with Crippen LogP contribution in [0.1, 0.15) is 22.1 Å². The maximum atomic E-state index is 13.4. The van der Waals surface area contributed by atoms with Crippen molar-refractivity contribution in [3.8, 4) is 0 Å². The van der Waals surface area contributed by atoms with Crippen LogP contribution in [0.15, 0.2) is 33.7 Å². The number of aromatic nitrogens is 2. The Labute approximate surface area is 205 Å². The highest BCUT2D eigenvalue weighted by molar-refractivity contribution is 7.89. The quantitative estimate of drug-likeness (QED) is 0.455. The zero-order chi connectivity index (χ0) is 24.9. The van der Waals surface area contributed by atoms with Gasteiger partial charge in [0.25, 0.3) is 15.9 Å². The molecule has 1 fully saturated rings.